The molecule has 6 heteroatoms. The third kappa shape index (κ3) is 2.29. The fourth-order valence-electron chi connectivity index (χ4n) is 1.97. The first kappa shape index (κ1) is 13.1. The second kappa shape index (κ2) is 5.09. The van der Waals surface area contributed by atoms with Crippen molar-refractivity contribution in [3.8, 4) is 5.75 Å². The standard InChI is InChI=1S/C13H14N2O4/c1-14-11(16)5-6-15-10-4-3-8(19-2)7-9(10)12(17)13(15)18/h3-4,7H,5-6H2,1-2H3,(H,14,16). The van der Waals surface area contributed by atoms with Crippen LogP contribution in [0.4, 0.5) is 5.69 Å². The zero-order chi connectivity index (χ0) is 14.0. The van der Waals surface area contributed by atoms with Crippen LogP contribution >= 0.6 is 0 Å². The number of Topliss-reactive ketones (excluding diaryl/α,β-unsaturated/α-hetero) is 1. The van der Waals surface area contributed by atoms with Crippen molar-refractivity contribution in [3.63, 3.8) is 0 Å². The highest BCUT2D eigenvalue weighted by Crippen LogP contribution is 2.31. The third-order valence-corrected chi connectivity index (χ3v) is 3.02. The van der Waals surface area contributed by atoms with Gasteiger partial charge in [0.25, 0.3) is 11.7 Å². The van der Waals surface area contributed by atoms with Crippen LogP contribution in [0.1, 0.15) is 16.8 Å². The minimum atomic E-state index is -0.604. The maximum Gasteiger partial charge on any atom is 0.299 e. The first-order valence-corrected chi connectivity index (χ1v) is 5.83. The monoisotopic (exact) mass is 262 g/mol. The number of carbonyl (C=O) groups is 3. The molecule has 0 fully saturated rings. The molecule has 1 aliphatic rings. The predicted octanol–water partition coefficient (Wildman–Crippen LogP) is 0.361. The maximum atomic E-state index is 11.9. The van der Waals surface area contributed by atoms with Crippen LogP contribution in [-0.2, 0) is 9.59 Å². The van der Waals surface area contributed by atoms with Crippen LogP contribution < -0.4 is 15.0 Å². The fraction of sp³-hybridized carbons (Fsp3) is 0.308. The molecule has 0 aliphatic carbocycles. The summed E-state index contributed by atoms with van der Waals surface area (Å²) in [6.45, 7) is 0.184. The van der Waals surface area contributed by atoms with E-state index in [2.05, 4.69) is 5.32 Å². The number of hydrogen-bond acceptors (Lipinski definition) is 4. The normalized spacial score (nSPS) is 13.5. The zero-order valence-electron chi connectivity index (χ0n) is 10.7. The van der Waals surface area contributed by atoms with Crippen LogP contribution in [0.15, 0.2) is 18.2 Å². The van der Waals surface area contributed by atoms with Crippen molar-refractivity contribution in [2.75, 3.05) is 25.6 Å². The molecule has 1 aromatic rings. The van der Waals surface area contributed by atoms with Gasteiger partial charge in [0.2, 0.25) is 5.91 Å². The lowest BCUT2D eigenvalue weighted by molar-refractivity contribution is -0.120. The van der Waals surface area contributed by atoms with E-state index >= 15 is 0 Å². The van der Waals surface area contributed by atoms with E-state index in [-0.39, 0.29) is 18.9 Å². The molecular formula is C13H14N2O4. The molecule has 0 aromatic heterocycles. The van der Waals surface area contributed by atoms with E-state index in [1.807, 2.05) is 0 Å². The smallest absolute Gasteiger partial charge is 0.299 e. The van der Waals surface area contributed by atoms with Gasteiger partial charge in [0.05, 0.1) is 18.4 Å². The summed E-state index contributed by atoms with van der Waals surface area (Å²) >= 11 is 0. The highest BCUT2D eigenvalue weighted by atomic mass is 16.5. The largest absolute Gasteiger partial charge is 0.497 e. The third-order valence-electron chi connectivity index (χ3n) is 3.02. The van der Waals surface area contributed by atoms with Gasteiger partial charge < -0.3 is 15.0 Å². The second-order valence-corrected chi connectivity index (χ2v) is 4.09. The number of nitrogens with zero attached hydrogens (tertiary/aromatic N) is 1. The summed E-state index contributed by atoms with van der Waals surface area (Å²) in [5.74, 6) is -0.826. The Kier molecular flexibility index (Phi) is 3.50. The number of rotatable bonds is 4. The van der Waals surface area contributed by atoms with Crippen LogP contribution in [0.5, 0.6) is 5.75 Å². The average Bonchev–Trinajstić information content (AvgIpc) is 2.68. The SMILES string of the molecule is CNC(=O)CCN1C(=O)C(=O)c2cc(OC)ccc21. The lowest BCUT2D eigenvalue weighted by atomic mass is 10.1. The van der Waals surface area contributed by atoms with Crippen molar-refractivity contribution in [2.45, 2.75) is 6.42 Å². The summed E-state index contributed by atoms with van der Waals surface area (Å²) in [5.41, 5.74) is 0.848. The molecule has 0 radical (unpaired) electrons. The molecule has 2 rings (SSSR count). The number of anilines is 1. The molecule has 19 heavy (non-hydrogen) atoms. The van der Waals surface area contributed by atoms with Crippen LogP contribution in [0, 0.1) is 0 Å². The highest BCUT2D eigenvalue weighted by molar-refractivity contribution is 6.52. The molecular weight excluding hydrogens is 248 g/mol. The zero-order valence-corrected chi connectivity index (χ0v) is 10.7. The van der Waals surface area contributed by atoms with E-state index in [0.29, 0.717) is 17.0 Å². The van der Waals surface area contributed by atoms with E-state index in [0.717, 1.165) is 0 Å². The van der Waals surface area contributed by atoms with Crippen LogP contribution in [0.2, 0.25) is 0 Å². The Morgan fingerprint density at radius 3 is 2.74 bits per heavy atom. The molecule has 0 saturated carbocycles. The van der Waals surface area contributed by atoms with Gasteiger partial charge in [-0.3, -0.25) is 14.4 Å². The summed E-state index contributed by atoms with van der Waals surface area (Å²) < 4.78 is 5.03. The summed E-state index contributed by atoms with van der Waals surface area (Å²) in [5, 5.41) is 2.48. The predicted molar refractivity (Wildman–Crippen MR) is 68.4 cm³/mol. The molecule has 0 bridgehead atoms. The van der Waals surface area contributed by atoms with Gasteiger partial charge in [-0.15, -0.1) is 0 Å². The van der Waals surface area contributed by atoms with Crippen molar-refractivity contribution in [1.82, 2.24) is 5.32 Å². The van der Waals surface area contributed by atoms with E-state index < -0.39 is 11.7 Å². The number of hydrogen-bond donors (Lipinski definition) is 1. The number of benzene rings is 1. The van der Waals surface area contributed by atoms with Gasteiger partial charge in [-0.1, -0.05) is 0 Å². The first-order chi connectivity index (χ1) is 9.08. The molecule has 1 aromatic carbocycles. The van der Waals surface area contributed by atoms with E-state index in [1.165, 1.54) is 25.1 Å². The van der Waals surface area contributed by atoms with Crippen LogP contribution in [0.3, 0.4) is 0 Å². The lowest BCUT2D eigenvalue weighted by Crippen LogP contribution is -2.33. The Morgan fingerprint density at radius 1 is 1.37 bits per heavy atom. The number of methoxy groups -OCH3 is 1. The quantitative estimate of drug-likeness (QED) is 0.795. The topological polar surface area (TPSA) is 75.7 Å². The van der Waals surface area contributed by atoms with Crippen molar-refractivity contribution >= 4 is 23.3 Å². The summed E-state index contributed by atoms with van der Waals surface area (Å²) in [4.78, 5) is 36.2. The van der Waals surface area contributed by atoms with E-state index in [4.69, 9.17) is 4.74 Å². The summed E-state index contributed by atoms with van der Waals surface area (Å²) in [6.07, 6.45) is 0.154. The van der Waals surface area contributed by atoms with Crippen LogP contribution in [-0.4, -0.2) is 38.3 Å². The Hall–Kier alpha value is -2.37. The van der Waals surface area contributed by atoms with Crippen LogP contribution in [0.25, 0.3) is 0 Å². The van der Waals surface area contributed by atoms with E-state index in [9.17, 15) is 14.4 Å². The lowest BCUT2D eigenvalue weighted by Gasteiger charge is -2.15. The number of amides is 2. The minimum Gasteiger partial charge on any atom is -0.497 e. The number of fused-ring (bicyclic) bond motifs is 1. The molecule has 0 spiro atoms. The van der Waals surface area contributed by atoms with Crippen molar-refractivity contribution < 1.29 is 19.1 Å². The summed E-state index contributed by atoms with van der Waals surface area (Å²) in [7, 11) is 3.02. The molecule has 1 heterocycles. The van der Waals surface area contributed by atoms with Crippen molar-refractivity contribution in [2.24, 2.45) is 0 Å². The van der Waals surface area contributed by atoms with Gasteiger partial charge in [0.1, 0.15) is 5.75 Å². The molecule has 1 aliphatic heterocycles. The number of ketones is 1. The Balaban J connectivity index is 2.26. The molecule has 6 nitrogen and oxygen atoms in total. The van der Waals surface area contributed by atoms with E-state index in [1.54, 1.807) is 12.1 Å². The molecule has 100 valence electrons. The highest BCUT2D eigenvalue weighted by Gasteiger charge is 2.35. The number of nitrogens with one attached hydrogen (secondary N) is 1. The molecule has 0 atom stereocenters. The second-order valence-electron chi connectivity index (χ2n) is 4.09. The van der Waals surface area contributed by atoms with Crippen molar-refractivity contribution in [3.05, 3.63) is 23.8 Å². The average molecular weight is 262 g/mol. The molecule has 2 amide bonds. The van der Waals surface area contributed by atoms with Gasteiger partial charge in [-0.25, -0.2) is 0 Å². The van der Waals surface area contributed by atoms with Gasteiger partial charge >= 0.3 is 0 Å². The fourth-order valence-corrected chi connectivity index (χ4v) is 1.97. The Labute approximate surface area is 110 Å². The maximum absolute atomic E-state index is 11.9. The summed E-state index contributed by atoms with van der Waals surface area (Å²) in [6, 6.07) is 4.87. The first-order valence-electron chi connectivity index (χ1n) is 5.83. The van der Waals surface area contributed by atoms with Crippen molar-refractivity contribution in [1.29, 1.82) is 0 Å². The van der Waals surface area contributed by atoms with Gasteiger partial charge in [-0.2, -0.15) is 0 Å². The van der Waals surface area contributed by atoms with Gasteiger partial charge in [0.15, 0.2) is 0 Å². The number of carbonyl (C=O) groups excluding carboxylic acids is 3. The molecule has 0 saturated heterocycles. The molecule has 0 unspecified atom stereocenters. The Bertz CT molecular complexity index is 554. The Morgan fingerprint density at radius 2 is 2.11 bits per heavy atom. The molecule has 1 N–H and O–H groups in total. The minimum absolute atomic E-state index is 0.154. The number of ether oxygens (including phenoxy) is 1. The van der Waals surface area contributed by atoms with Gasteiger partial charge in [0, 0.05) is 20.0 Å². The van der Waals surface area contributed by atoms with Gasteiger partial charge in [-0.05, 0) is 18.2 Å².